The highest BCUT2D eigenvalue weighted by atomic mass is 16.6. The third kappa shape index (κ3) is 2.40. The van der Waals surface area contributed by atoms with Gasteiger partial charge in [-0.1, -0.05) is 12.1 Å². The number of nitrogens with two attached hydrogens (primary N) is 1. The first-order valence-electron chi connectivity index (χ1n) is 5.66. The minimum absolute atomic E-state index is 0.0946. The molecule has 0 amide bonds. The van der Waals surface area contributed by atoms with Gasteiger partial charge in [0.25, 0.3) is 0 Å². The molecule has 6 heteroatoms. The molecule has 0 bridgehead atoms. The highest BCUT2D eigenvalue weighted by Crippen LogP contribution is 2.18. The van der Waals surface area contributed by atoms with E-state index in [9.17, 15) is 0 Å². The van der Waals surface area contributed by atoms with E-state index in [-0.39, 0.29) is 12.1 Å². The van der Waals surface area contributed by atoms with Crippen LogP contribution in [0.2, 0.25) is 0 Å². The van der Waals surface area contributed by atoms with Crippen LogP contribution in [0, 0.1) is 0 Å². The second-order valence-electron chi connectivity index (χ2n) is 3.89. The van der Waals surface area contributed by atoms with E-state index in [1.165, 1.54) is 0 Å². The fourth-order valence-corrected chi connectivity index (χ4v) is 1.81. The van der Waals surface area contributed by atoms with Gasteiger partial charge in [-0.05, 0) is 6.42 Å². The van der Waals surface area contributed by atoms with Gasteiger partial charge in [0, 0.05) is 6.54 Å². The van der Waals surface area contributed by atoms with E-state index in [0.29, 0.717) is 19.8 Å². The molecular formula is C10H18N4O2. The van der Waals surface area contributed by atoms with E-state index >= 15 is 0 Å². The van der Waals surface area contributed by atoms with Crippen molar-refractivity contribution in [2.24, 2.45) is 5.73 Å². The van der Waals surface area contributed by atoms with Crippen LogP contribution < -0.4 is 5.73 Å². The normalized spacial score (nSPS) is 23.2. The summed E-state index contributed by atoms with van der Waals surface area (Å²) in [6, 6.07) is -0.221. The summed E-state index contributed by atoms with van der Waals surface area (Å²) in [4.78, 5) is 0. The van der Waals surface area contributed by atoms with Crippen molar-refractivity contribution in [3.63, 3.8) is 0 Å². The minimum Gasteiger partial charge on any atom is -0.376 e. The number of ether oxygens (including phenoxy) is 2. The fraction of sp³-hybridized carbons (Fsp3) is 0.800. The van der Waals surface area contributed by atoms with Gasteiger partial charge in [0.15, 0.2) is 0 Å². The quantitative estimate of drug-likeness (QED) is 0.788. The summed E-state index contributed by atoms with van der Waals surface area (Å²) in [5.41, 5.74) is 7.05. The lowest BCUT2D eigenvalue weighted by molar-refractivity contribution is -0.0984. The third-order valence-electron chi connectivity index (χ3n) is 2.67. The van der Waals surface area contributed by atoms with Crippen LogP contribution in [-0.2, 0) is 16.0 Å². The fourth-order valence-electron chi connectivity index (χ4n) is 1.81. The second kappa shape index (κ2) is 5.38. The zero-order valence-corrected chi connectivity index (χ0v) is 9.50. The summed E-state index contributed by atoms with van der Waals surface area (Å²) in [6.07, 6.45) is 2.62. The van der Waals surface area contributed by atoms with Gasteiger partial charge < -0.3 is 15.2 Å². The lowest BCUT2D eigenvalue weighted by Crippen LogP contribution is -2.38. The standard InChI is InChI=1S/C10H18N4O2/c1-2-3-14-8(6-12-13-14)10(11)9-7-15-4-5-16-9/h6,9-10H,2-5,7,11H2,1H3. The van der Waals surface area contributed by atoms with Gasteiger partial charge in [0.1, 0.15) is 6.10 Å². The Hall–Kier alpha value is -0.980. The SMILES string of the molecule is CCCn1nncc1C(N)C1COCCO1. The zero-order valence-electron chi connectivity index (χ0n) is 9.50. The van der Waals surface area contributed by atoms with Crippen molar-refractivity contribution in [3.05, 3.63) is 11.9 Å². The molecule has 90 valence electrons. The summed E-state index contributed by atoms with van der Waals surface area (Å²) in [7, 11) is 0. The number of nitrogens with zero attached hydrogens (tertiary/aromatic N) is 3. The molecule has 0 radical (unpaired) electrons. The van der Waals surface area contributed by atoms with Crippen LogP contribution in [0.3, 0.4) is 0 Å². The Morgan fingerprint density at radius 3 is 3.19 bits per heavy atom. The third-order valence-corrected chi connectivity index (χ3v) is 2.67. The molecule has 2 unspecified atom stereocenters. The highest BCUT2D eigenvalue weighted by Gasteiger charge is 2.26. The Morgan fingerprint density at radius 1 is 1.62 bits per heavy atom. The molecule has 2 N–H and O–H groups in total. The highest BCUT2D eigenvalue weighted by molar-refractivity contribution is 5.04. The molecule has 1 saturated heterocycles. The predicted molar refractivity (Wildman–Crippen MR) is 57.8 cm³/mol. The topological polar surface area (TPSA) is 75.2 Å². The number of rotatable bonds is 4. The molecule has 1 aliphatic heterocycles. The number of hydrogen-bond donors (Lipinski definition) is 1. The van der Waals surface area contributed by atoms with Gasteiger partial charge in [0.2, 0.25) is 0 Å². The molecule has 0 aromatic carbocycles. The largest absolute Gasteiger partial charge is 0.376 e. The molecule has 1 aromatic rings. The van der Waals surface area contributed by atoms with Crippen molar-refractivity contribution < 1.29 is 9.47 Å². The molecule has 1 aliphatic rings. The molecule has 16 heavy (non-hydrogen) atoms. The van der Waals surface area contributed by atoms with E-state index in [0.717, 1.165) is 18.7 Å². The van der Waals surface area contributed by atoms with Crippen LogP contribution in [-0.4, -0.2) is 40.9 Å². The summed E-state index contributed by atoms with van der Waals surface area (Å²) >= 11 is 0. The molecule has 6 nitrogen and oxygen atoms in total. The van der Waals surface area contributed by atoms with Gasteiger partial charge in [-0.2, -0.15) is 0 Å². The maximum atomic E-state index is 6.14. The lowest BCUT2D eigenvalue weighted by atomic mass is 10.1. The van der Waals surface area contributed by atoms with Gasteiger partial charge in [0.05, 0.1) is 37.8 Å². The van der Waals surface area contributed by atoms with Crippen molar-refractivity contribution in [2.45, 2.75) is 32.0 Å². The first-order chi connectivity index (χ1) is 7.83. The Morgan fingerprint density at radius 2 is 2.50 bits per heavy atom. The van der Waals surface area contributed by atoms with E-state index in [1.54, 1.807) is 6.20 Å². The van der Waals surface area contributed by atoms with E-state index in [4.69, 9.17) is 15.2 Å². The average Bonchev–Trinajstić information content (AvgIpc) is 2.78. The second-order valence-corrected chi connectivity index (χ2v) is 3.89. The predicted octanol–water partition coefficient (Wildman–Crippen LogP) is 0.103. The smallest absolute Gasteiger partial charge is 0.102 e. The van der Waals surface area contributed by atoms with Crippen molar-refractivity contribution in [3.8, 4) is 0 Å². The van der Waals surface area contributed by atoms with Gasteiger partial charge in [-0.25, -0.2) is 4.68 Å². The monoisotopic (exact) mass is 226 g/mol. The maximum absolute atomic E-state index is 6.14. The summed E-state index contributed by atoms with van der Waals surface area (Å²) in [5.74, 6) is 0. The Bertz CT molecular complexity index is 322. The molecular weight excluding hydrogens is 208 g/mol. The van der Waals surface area contributed by atoms with Crippen LogP contribution in [0.5, 0.6) is 0 Å². The van der Waals surface area contributed by atoms with Crippen molar-refractivity contribution >= 4 is 0 Å². The van der Waals surface area contributed by atoms with E-state index in [1.807, 2.05) is 4.68 Å². The zero-order chi connectivity index (χ0) is 11.4. The van der Waals surface area contributed by atoms with Gasteiger partial charge in [-0.3, -0.25) is 0 Å². The number of aryl methyl sites for hydroxylation is 1. The first kappa shape index (κ1) is 11.5. The van der Waals surface area contributed by atoms with Crippen LogP contribution >= 0.6 is 0 Å². The van der Waals surface area contributed by atoms with Crippen molar-refractivity contribution in [1.82, 2.24) is 15.0 Å². The Labute approximate surface area is 94.7 Å². The van der Waals surface area contributed by atoms with Crippen molar-refractivity contribution in [1.29, 1.82) is 0 Å². The molecule has 2 heterocycles. The molecule has 1 aromatic heterocycles. The average molecular weight is 226 g/mol. The molecule has 0 spiro atoms. The van der Waals surface area contributed by atoms with Crippen LogP contribution in [0.25, 0.3) is 0 Å². The lowest BCUT2D eigenvalue weighted by Gasteiger charge is -2.27. The first-order valence-corrected chi connectivity index (χ1v) is 5.66. The Balaban J connectivity index is 2.06. The van der Waals surface area contributed by atoms with Gasteiger partial charge in [-0.15, -0.1) is 5.10 Å². The summed E-state index contributed by atoms with van der Waals surface area (Å²) in [6.45, 7) is 4.72. The van der Waals surface area contributed by atoms with E-state index in [2.05, 4.69) is 17.2 Å². The van der Waals surface area contributed by atoms with Crippen LogP contribution in [0.15, 0.2) is 6.20 Å². The number of hydrogen-bond acceptors (Lipinski definition) is 5. The number of aromatic nitrogens is 3. The molecule has 2 rings (SSSR count). The van der Waals surface area contributed by atoms with Crippen LogP contribution in [0.1, 0.15) is 25.1 Å². The van der Waals surface area contributed by atoms with Crippen molar-refractivity contribution in [2.75, 3.05) is 19.8 Å². The minimum atomic E-state index is -0.221. The Kier molecular flexibility index (Phi) is 3.87. The maximum Gasteiger partial charge on any atom is 0.102 e. The molecule has 1 fully saturated rings. The van der Waals surface area contributed by atoms with E-state index < -0.39 is 0 Å². The molecule has 0 saturated carbocycles. The van der Waals surface area contributed by atoms with Crippen LogP contribution in [0.4, 0.5) is 0 Å². The molecule has 0 aliphatic carbocycles. The molecule has 2 atom stereocenters. The van der Waals surface area contributed by atoms with Gasteiger partial charge >= 0.3 is 0 Å². The summed E-state index contributed by atoms with van der Waals surface area (Å²) < 4.78 is 12.8. The summed E-state index contributed by atoms with van der Waals surface area (Å²) in [5, 5.41) is 7.91.